The third-order valence-corrected chi connectivity index (χ3v) is 5.46. The number of halogens is 1. The second-order valence-electron chi connectivity index (χ2n) is 5.38. The molecule has 2 nitrogen and oxygen atoms in total. The highest BCUT2D eigenvalue weighted by Gasteiger charge is 2.24. The van der Waals surface area contributed by atoms with E-state index in [1.54, 1.807) is 11.3 Å². The predicted molar refractivity (Wildman–Crippen MR) is 85.8 cm³/mol. The Bertz CT molecular complexity index is 609. The lowest BCUT2D eigenvalue weighted by molar-refractivity contribution is 0.0936. The van der Waals surface area contributed by atoms with Gasteiger partial charge < -0.3 is 5.32 Å². The van der Waals surface area contributed by atoms with Crippen LogP contribution in [-0.2, 0) is 0 Å². The third-order valence-electron chi connectivity index (χ3n) is 3.97. The maximum atomic E-state index is 12.5. The van der Waals surface area contributed by atoms with Crippen molar-refractivity contribution in [2.45, 2.75) is 43.5 Å². The number of nitrogens with one attached hydrogen (secondary N) is 1. The largest absolute Gasteiger partial charge is 0.348 e. The fourth-order valence-corrected chi connectivity index (χ4v) is 4.11. The number of carbonyl (C=O) groups is 1. The molecule has 3 rings (SSSR count). The number of thiophene rings is 1. The summed E-state index contributed by atoms with van der Waals surface area (Å²) in [4.78, 5) is 12.5. The first-order chi connectivity index (χ1) is 9.75. The molecule has 1 aliphatic rings. The van der Waals surface area contributed by atoms with E-state index >= 15 is 0 Å². The fourth-order valence-electron chi connectivity index (χ4n) is 2.82. The maximum absolute atomic E-state index is 12.5. The average Bonchev–Trinajstić information content (AvgIpc) is 2.79. The molecule has 1 aromatic carbocycles. The molecule has 0 bridgehead atoms. The Labute approximate surface area is 128 Å². The van der Waals surface area contributed by atoms with Gasteiger partial charge in [0.25, 0.3) is 5.91 Å². The van der Waals surface area contributed by atoms with E-state index in [1.165, 1.54) is 12.8 Å². The van der Waals surface area contributed by atoms with Gasteiger partial charge in [-0.05, 0) is 18.9 Å². The van der Waals surface area contributed by atoms with Crippen molar-refractivity contribution in [3.8, 4) is 0 Å². The predicted octanol–water partition coefficient (Wildman–Crippen LogP) is 4.57. The van der Waals surface area contributed by atoms with Gasteiger partial charge in [-0.2, -0.15) is 0 Å². The summed E-state index contributed by atoms with van der Waals surface area (Å²) in [6.07, 6.45) is 5.52. The molecule has 1 aromatic heterocycles. The van der Waals surface area contributed by atoms with Crippen LogP contribution in [0.2, 0.25) is 0 Å². The molecule has 1 saturated carbocycles. The standard InChI is InChI=1S/C16H18ClNOS/c17-13-7-2-1-3-8-14(13)18-16(19)12-10-20-15-9-5-4-6-11(12)15/h4-6,9-10,13-14H,1-3,7-8H2,(H,18,19). The van der Waals surface area contributed by atoms with Gasteiger partial charge in [-0.15, -0.1) is 22.9 Å². The van der Waals surface area contributed by atoms with Gasteiger partial charge in [0.15, 0.2) is 0 Å². The third kappa shape index (κ3) is 2.84. The van der Waals surface area contributed by atoms with E-state index in [2.05, 4.69) is 5.32 Å². The molecule has 1 aliphatic carbocycles. The molecule has 1 amide bonds. The van der Waals surface area contributed by atoms with Crippen molar-refractivity contribution in [1.82, 2.24) is 5.32 Å². The number of alkyl halides is 1. The first-order valence-electron chi connectivity index (χ1n) is 7.17. The van der Waals surface area contributed by atoms with Crippen LogP contribution in [0.25, 0.3) is 10.1 Å². The minimum absolute atomic E-state index is 0.0139. The topological polar surface area (TPSA) is 29.1 Å². The summed E-state index contributed by atoms with van der Waals surface area (Å²) >= 11 is 8.01. The molecular weight excluding hydrogens is 290 g/mol. The van der Waals surface area contributed by atoms with Gasteiger partial charge in [0.2, 0.25) is 0 Å². The summed E-state index contributed by atoms with van der Waals surface area (Å²) in [5.74, 6) is 0.0139. The first-order valence-corrected chi connectivity index (χ1v) is 8.48. The second-order valence-corrected chi connectivity index (χ2v) is 6.85. The monoisotopic (exact) mass is 307 g/mol. The molecule has 4 heteroatoms. The molecule has 2 atom stereocenters. The Morgan fingerprint density at radius 2 is 2.00 bits per heavy atom. The summed E-state index contributed by atoms with van der Waals surface area (Å²) in [6, 6.07) is 8.13. The van der Waals surface area contributed by atoms with Crippen LogP contribution in [0.15, 0.2) is 29.6 Å². The number of carbonyl (C=O) groups excluding carboxylic acids is 1. The number of amides is 1. The quantitative estimate of drug-likeness (QED) is 0.639. The van der Waals surface area contributed by atoms with E-state index < -0.39 is 0 Å². The average molecular weight is 308 g/mol. The smallest absolute Gasteiger partial charge is 0.253 e. The van der Waals surface area contributed by atoms with Gasteiger partial charge in [0, 0.05) is 21.5 Å². The summed E-state index contributed by atoms with van der Waals surface area (Å²) in [5.41, 5.74) is 0.777. The van der Waals surface area contributed by atoms with Crippen molar-refractivity contribution in [2.75, 3.05) is 0 Å². The van der Waals surface area contributed by atoms with E-state index in [4.69, 9.17) is 11.6 Å². The lowest BCUT2D eigenvalue weighted by Gasteiger charge is -2.21. The minimum atomic E-state index is 0.0139. The Hall–Kier alpha value is -1.06. The van der Waals surface area contributed by atoms with Crippen LogP contribution in [0.3, 0.4) is 0 Å². The van der Waals surface area contributed by atoms with E-state index in [1.807, 2.05) is 29.6 Å². The van der Waals surface area contributed by atoms with Gasteiger partial charge >= 0.3 is 0 Å². The highest BCUT2D eigenvalue weighted by atomic mass is 35.5. The van der Waals surface area contributed by atoms with Gasteiger partial charge in [-0.25, -0.2) is 0 Å². The van der Waals surface area contributed by atoms with E-state index in [-0.39, 0.29) is 17.3 Å². The Morgan fingerprint density at radius 3 is 2.90 bits per heavy atom. The number of hydrogen-bond acceptors (Lipinski definition) is 2. The molecule has 2 unspecified atom stereocenters. The highest BCUT2D eigenvalue weighted by Crippen LogP contribution is 2.27. The second kappa shape index (κ2) is 6.15. The summed E-state index contributed by atoms with van der Waals surface area (Å²) < 4.78 is 1.15. The van der Waals surface area contributed by atoms with Gasteiger partial charge in [0.1, 0.15) is 0 Å². The zero-order chi connectivity index (χ0) is 13.9. The van der Waals surface area contributed by atoms with Gasteiger partial charge in [-0.3, -0.25) is 4.79 Å². The molecule has 0 spiro atoms. The van der Waals surface area contributed by atoms with Crippen LogP contribution >= 0.6 is 22.9 Å². The van der Waals surface area contributed by atoms with E-state index in [0.29, 0.717) is 0 Å². The molecule has 1 fully saturated rings. The van der Waals surface area contributed by atoms with E-state index in [0.717, 1.165) is 34.9 Å². The van der Waals surface area contributed by atoms with Crippen molar-refractivity contribution in [1.29, 1.82) is 0 Å². The zero-order valence-corrected chi connectivity index (χ0v) is 12.8. The van der Waals surface area contributed by atoms with Crippen LogP contribution in [0.5, 0.6) is 0 Å². The van der Waals surface area contributed by atoms with Gasteiger partial charge in [0.05, 0.1) is 10.9 Å². The number of fused-ring (bicyclic) bond motifs is 1. The van der Waals surface area contributed by atoms with Crippen molar-refractivity contribution >= 4 is 38.9 Å². The number of benzene rings is 1. The van der Waals surface area contributed by atoms with Crippen LogP contribution in [-0.4, -0.2) is 17.3 Å². The Morgan fingerprint density at radius 1 is 1.20 bits per heavy atom. The first kappa shape index (κ1) is 13.9. The summed E-state index contributed by atoms with van der Waals surface area (Å²) in [6.45, 7) is 0. The molecule has 0 aliphatic heterocycles. The maximum Gasteiger partial charge on any atom is 0.253 e. The number of rotatable bonds is 2. The normalized spacial score (nSPS) is 23.4. The van der Waals surface area contributed by atoms with Crippen molar-refractivity contribution in [3.05, 3.63) is 35.2 Å². The molecule has 1 N–H and O–H groups in total. The summed E-state index contributed by atoms with van der Waals surface area (Å²) in [7, 11) is 0. The minimum Gasteiger partial charge on any atom is -0.348 e. The van der Waals surface area contributed by atoms with Crippen molar-refractivity contribution < 1.29 is 4.79 Å². The Balaban J connectivity index is 1.78. The molecule has 20 heavy (non-hydrogen) atoms. The fraction of sp³-hybridized carbons (Fsp3) is 0.438. The molecule has 2 aromatic rings. The van der Waals surface area contributed by atoms with Gasteiger partial charge in [-0.1, -0.05) is 37.5 Å². The van der Waals surface area contributed by atoms with Crippen LogP contribution < -0.4 is 5.32 Å². The van der Waals surface area contributed by atoms with Crippen LogP contribution in [0, 0.1) is 0 Å². The molecule has 0 saturated heterocycles. The molecular formula is C16H18ClNOS. The molecule has 0 radical (unpaired) electrons. The number of hydrogen-bond donors (Lipinski definition) is 1. The summed E-state index contributed by atoms with van der Waals surface area (Å²) in [5, 5.41) is 6.18. The SMILES string of the molecule is O=C(NC1CCCCCC1Cl)c1csc2ccccc12. The van der Waals surface area contributed by atoms with E-state index in [9.17, 15) is 4.79 Å². The van der Waals surface area contributed by atoms with Crippen molar-refractivity contribution in [3.63, 3.8) is 0 Å². The van der Waals surface area contributed by atoms with Crippen LogP contribution in [0.1, 0.15) is 42.5 Å². The lowest BCUT2D eigenvalue weighted by Crippen LogP contribution is -2.40. The van der Waals surface area contributed by atoms with Crippen LogP contribution in [0.4, 0.5) is 0 Å². The highest BCUT2D eigenvalue weighted by molar-refractivity contribution is 7.17. The molecule has 1 heterocycles. The lowest BCUT2D eigenvalue weighted by atomic mass is 10.1. The molecule has 106 valence electrons. The Kier molecular flexibility index (Phi) is 4.27. The van der Waals surface area contributed by atoms with Crippen molar-refractivity contribution in [2.24, 2.45) is 0 Å². The zero-order valence-electron chi connectivity index (χ0n) is 11.3.